The summed E-state index contributed by atoms with van der Waals surface area (Å²) in [4.78, 5) is 17.5. The van der Waals surface area contributed by atoms with Gasteiger partial charge in [-0.1, -0.05) is 71.9 Å². The fourth-order valence-electron chi connectivity index (χ4n) is 4.01. The van der Waals surface area contributed by atoms with E-state index in [2.05, 4.69) is 10.3 Å². The zero-order valence-corrected chi connectivity index (χ0v) is 21.2. The van der Waals surface area contributed by atoms with Gasteiger partial charge in [0.1, 0.15) is 17.5 Å². The highest BCUT2D eigenvalue weighted by molar-refractivity contribution is 7.98. The van der Waals surface area contributed by atoms with Crippen LogP contribution in [0.15, 0.2) is 95.3 Å². The minimum Gasteiger partial charge on any atom is -0.466 e. The molecule has 0 aliphatic carbocycles. The number of anilines is 1. The number of thioether (sulfide) groups is 1. The summed E-state index contributed by atoms with van der Waals surface area (Å²) in [6, 6.07) is 24.3. The number of esters is 1. The van der Waals surface area contributed by atoms with Crippen LogP contribution >= 0.6 is 23.4 Å². The Labute approximate surface area is 218 Å². The zero-order chi connectivity index (χ0) is 25.1. The van der Waals surface area contributed by atoms with Crippen LogP contribution in [0.4, 0.5) is 5.95 Å². The normalized spacial score (nSPS) is 14.7. The molecule has 7 nitrogen and oxygen atoms in total. The largest absolute Gasteiger partial charge is 0.466 e. The Balaban J connectivity index is 1.50. The van der Waals surface area contributed by atoms with Crippen LogP contribution in [0.25, 0.3) is 0 Å². The molecule has 4 aromatic rings. The number of hydrogen-bond acceptors (Lipinski definition) is 7. The number of para-hydroxylation sites is 1. The van der Waals surface area contributed by atoms with E-state index in [1.807, 2.05) is 85.8 Å². The number of halogens is 1. The fourth-order valence-corrected chi connectivity index (χ4v) is 5.12. The first-order valence-corrected chi connectivity index (χ1v) is 12.6. The van der Waals surface area contributed by atoms with Gasteiger partial charge in [-0.15, -0.1) is 5.10 Å². The average molecular weight is 519 g/mol. The van der Waals surface area contributed by atoms with Gasteiger partial charge in [0.2, 0.25) is 11.1 Å². The number of carbonyl (C=O) groups is 1. The van der Waals surface area contributed by atoms with Crippen LogP contribution in [0.2, 0.25) is 5.02 Å². The predicted octanol–water partition coefficient (Wildman–Crippen LogP) is 6.48. The lowest BCUT2D eigenvalue weighted by atomic mass is 9.95. The minimum absolute atomic E-state index is 0.439. The standard InChI is InChI=1S/C27H23ClN4O3S/c1-17-23(25(33)34-2)24(18-10-8-13-21(15-18)35-20-11-4-3-5-12-20)32-26(29-17)30-27(31-32)36-16-19-9-6-7-14-22(19)28/h3-15,24H,16H2,1-2H3,(H,29,30,31). The van der Waals surface area contributed by atoms with Crippen molar-refractivity contribution >= 4 is 35.3 Å². The molecule has 3 aromatic carbocycles. The van der Waals surface area contributed by atoms with Gasteiger partial charge in [0.25, 0.3) is 0 Å². The Kier molecular flexibility index (Phi) is 6.97. The second kappa shape index (κ2) is 10.5. The van der Waals surface area contributed by atoms with Crippen molar-refractivity contribution in [2.45, 2.75) is 23.9 Å². The second-order valence-corrected chi connectivity index (χ2v) is 9.44. The molecule has 5 rings (SSSR count). The van der Waals surface area contributed by atoms with Crippen molar-refractivity contribution in [2.24, 2.45) is 0 Å². The Hall–Kier alpha value is -3.75. The molecule has 1 aliphatic rings. The van der Waals surface area contributed by atoms with Crippen LogP contribution in [0.5, 0.6) is 11.5 Å². The molecule has 36 heavy (non-hydrogen) atoms. The average Bonchev–Trinajstić information content (AvgIpc) is 3.30. The molecule has 1 aliphatic heterocycles. The van der Waals surface area contributed by atoms with Gasteiger partial charge in [-0.2, -0.15) is 4.98 Å². The van der Waals surface area contributed by atoms with Crippen molar-refractivity contribution in [1.29, 1.82) is 0 Å². The van der Waals surface area contributed by atoms with E-state index in [9.17, 15) is 4.79 Å². The van der Waals surface area contributed by atoms with Gasteiger partial charge in [-0.05, 0) is 48.4 Å². The molecule has 0 saturated heterocycles. The summed E-state index contributed by atoms with van der Waals surface area (Å²) in [5, 5.41) is 9.22. The van der Waals surface area contributed by atoms with Gasteiger partial charge in [-0.3, -0.25) is 0 Å². The molecule has 0 spiro atoms. The quantitative estimate of drug-likeness (QED) is 0.221. The number of methoxy groups -OCH3 is 1. The van der Waals surface area contributed by atoms with Crippen LogP contribution in [0.1, 0.15) is 24.1 Å². The predicted molar refractivity (Wildman–Crippen MR) is 140 cm³/mol. The number of carbonyl (C=O) groups excluding carboxylic acids is 1. The molecular weight excluding hydrogens is 496 g/mol. The second-order valence-electron chi connectivity index (χ2n) is 8.09. The maximum atomic E-state index is 12.9. The first kappa shape index (κ1) is 24.0. The van der Waals surface area contributed by atoms with E-state index in [0.29, 0.717) is 38.9 Å². The molecular formula is C27H23ClN4O3S. The van der Waals surface area contributed by atoms with Gasteiger partial charge in [0.15, 0.2) is 0 Å². The number of benzene rings is 3. The Morgan fingerprint density at radius 1 is 1.06 bits per heavy atom. The first-order valence-electron chi connectivity index (χ1n) is 11.2. The number of allylic oxidation sites excluding steroid dienone is 1. The molecule has 0 saturated carbocycles. The van der Waals surface area contributed by atoms with E-state index in [1.54, 1.807) is 4.68 Å². The van der Waals surface area contributed by atoms with Gasteiger partial charge >= 0.3 is 5.97 Å². The summed E-state index contributed by atoms with van der Waals surface area (Å²) >= 11 is 7.79. The lowest BCUT2D eigenvalue weighted by Gasteiger charge is -2.28. The maximum absolute atomic E-state index is 12.9. The summed E-state index contributed by atoms with van der Waals surface area (Å²) in [5.74, 6) is 2.09. The number of fused-ring (bicyclic) bond motifs is 1. The summed E-state index contributed by atoms with van der Waals surface area (Å²) < 4.78 is 12.9. The minimum atomic E-state index is -0.546. The van der Waals surface area contributed by atoms with Crippen molar-refractivity contribution in [2.75, 3.05) is 12.4 Å². The van der Waals surface area contributed by atoms with E-state index >= 15 is 0 Å². The lowest BCUT2D eigenvalue weighted by Crippen LogP contribution is -2.29. The van der Waals surface area contributed by atoms with E-state index in [4.69, 9.17) is 26.2 Å². The van der Waals surface area contributed by atoms with Crippen LogP contribution in [-0.2, 0) is 15.3 Å². The lowest BCUT2D eigenvalue weighted by molar-refractivity contribution is -0.136. The Morgan fingerprint density at radius 2 is 1.81 bits per heavy atom. The number of nitrogens with zero attached hydrogens (tertiary/aromatic N) is 3. The van der Waals surface area contributed by atoms with Gasteiger partial charge in [0, 0.05) is 16.5 Å². The molecule has 2 heterocycles. The topological polar surface area (TPSA) is 78.3 Å². The molecule has 1 unspecified atom stereocenters. The van der Waals surface area contributed by atoms with Crippen molar-refractivity contribution < 1.29 is 14.3 Å². The molecule has 1 aromatic heterocycles. The number of ether oxygens (including phenoxy) is 2. The number of nitrogens with one attached hydrogen (secondary N) is 1. The first-order chi connectivity index (χ1) is 17.5. The third kappa shape index (κ3) is 4.96. The summed E-state index contributed by atoms with van der Waals surface area (Å²) in [6.45, 7) is 1.83. The molecule has 9 heteroatoms. The third-order valence-corrected chi connectivity index (χ3v) is 6.96. The highest BCUT2D eigenvalue weighted by atomic mass is 35.5. The van der Waals surface area contributed by atoms with Crippen molar-refractivity contribution in [3.05, 3.63) is 106 Å². The van der Waals surface area contributed by atoms with E-state index < -0.39 is 12.0 Å². The van der Waals surface area contributed by atoms with E-state index in [1.165, 1.54) is 18.9 Å². The molecule has 0 bridgehead atoms. The fraction of sp³-hybridized carbons (Fsp3) is 0.148. The number of hydrogen-bond donors (Lipinski definition) is 1. The maximum Gasteiger partial charge on any atom is 0.338 e. The van der Waals surface area contributed by atoms with E-state index in [-0.39, 0.29) is 0 Å². The smallest absolute Gasteiger partial charge is 0.338 e. The van der Waals surface area contributed by atoms with Gasteiger partial charge < -0.3 is 14.8 Å². The molecule has 182 valence electrons. The molecule has 1 atom stereocenters. The Morgan fingerprint density at radius 3 is 2.58 bits per heavy atom. The van der Waals surface area contributed by atoms with Crippen LogP contribution in [0.3, 0.4) is 0 Å². The number of rotatable bonds is 7. The van der Waals surface area contributed by atoms with Gasteiger partial charge in [-0.25, -0.2) is 9.48 Å². The summed E-state index contributed by atoms with van der Waals surface area (Å²) in [5.41, 5.74) is 2.92. The van der Waals surface area contributed by atoms with Crippen molar-refractivity contribution in [1.82, 2.24) is 14.8 Å². The number of aromatic nitrogens is 3. The molecule has 1 N–H and O–H groups in total. The highest BCUT2D eigenvalue weighted by Crippen LogP contribution is 2.38. The summed E-state index contributed by atoms with van der Waals surface area (Å²) in [6.07, 6.45) is 0. The van der Waals surface area contributed by atoms with Crippen LogP contribution in [-0.4, -0.2) is 27.8 Å². The van der Waals surface area contributed by atoms with Crippen LogP contribution in [0, 0.1) is 0 Å². The molecule has 0 amide bonds. The molecule has 0 fully saturated rings. The molecule has 0 radical (unpaired) electrons. The highest BCUT2D eigenvalue weighted by Gasteiger charge is 2.35. The third-order valence-electron chi connectivity index (χ3n) is 5.71. The van der Waals surface area contributed by atoms with E-state index in [0.717, 1.165) is 16.9 Å². The van der Waals surface area contributed by atoms with Crippen molar-refractivity contribution in [3.8, 4) is 11.5 Å². The monoisotopic (exact) mass is 518 g/mol. The van der Waals surface area contributed by atoms with Crippen molar-refractivity contribution in [3.63, 3.8) is 0 Å². The Bertz CT molecular complexity index is 1440. The zero-order valence-electron chi connectivity index (χ0n) is 19.6. The summed E-state index contributed by atoms with van der Waals surface area (Å²) in [7, 11) is 1.37. The van der Waals surface area contributed by atoms with Gasteiger partial charge in [0.05, 0.1) is 12.7 Å². The van der Waals surface area contributed by atoms with Crippen LogP contribution < -0.4 is 10.1 Å². The SMILES string of the molecule is COC(=O)C1=C(C)Nc2nc(SCc3ccccc3Cl)nn2C1c1cccc(Oc2ccccc2)c1.